The van der Waals surface area contributed by atoms with Gasteiger partial charge in [0.1, 0.15) is 17.9 Å². The Labute approximate surface area is 236 Å². The number of halogens is 2. The molecule has 1 aromatic heterocycles. The van der Waals surface area contributed by atoms with E-state index < -0.39 is 11.9 Å². The predicted molar refractivity (Wildman–Crippen MR) is 154 cm³/mol. The van der Waals surface area contributed by atoms with Crippen LogP contribution in [0.2, 0.25) is 10.0 Å². The molecule has 4 aromatic rings. The number of aryl methyl sites for hydroxylation is 1. The number of nitrogens with zero attached hydrogens (tertiary/aromatic N) is 3. The van der Waals surface area contributed by atoms with Crippen LogP contribution in [0, 0.1) is 11.3 Å². The lowest BCUT2D eigenvalue weighted by atomic mass is 10.1. The fourth-order valence-electron chi connectivity index (χ4n) is 3.85. The number of ether oxygens (including phenoxy) is 1. The van der Waals surface area contributed by atoms with Crippen molar-refractivity contribution in [3.8, 4) is 11.8 Å². The molecule has 0 radical (unpaired) electrons. The normalized spacial score (nSPS) is 10.5. The molecular weight excluding hydrogens is 537 g/mol. The van der Waals surface area contributed by atoms with E-state index in [-0.39, 0.29) is 18.2 Å². The Hall–Kier alpha value is -4.32. The van der Waals surface area contributed by atoms with Crippen molar-refractivity contribution in [3.63, 3.8) is 0 Å². The van der Waals surface area contributed by atoms with Gasteiger partial charge in [-0.3, -0.25) is 4.79 Å². The maximum Gasteiger partial charge on any atom is 0.319 e. The number of hydrogen-bond acceptors (Lipinski definition) is 5. The van der Waals surface area contributed by atoms with Crippen LogP contribution in [-0.2, 0) is 17.8 Å². The molecule has 8 nitrogen and oxygen atoms in total. The Bertz CT molecular complexity index is 1590. The smallest absolute Gasteiger partial charge is 0.319 e. The second-order valence-corrected chi connectivity index (χ2v) is 9.37. The van der Waals surface area contributed by atoms with Gasteiger partial charge in [0.25, 0.3) is 0 Å². The summed E-state index contributed by atoms with van der Waals surface area (Å²) >= 11 is 13.1. The van der Waals surface area contributed by atoms with Crippen molar-refractivity contribution >= 4 is 57.4 Å². The first-order valence-electron chi connectivity index (χ1n) is 12.1. The van der Waals surface area contributed by atoms with Gasteiger partial charge in [-0.1, -0.05) is 54.4 Å². The molecule has 0 fully saturated rings. The molecule has 0 spiro atoms. The van der Waals surface area contributed by atoms with Gasteiger partial charge in [-0.15, -0.1) is 0 Å². The molecule has 0 saturated heterocycles. The van der Waals surface area contributed by atoms with Crippen LogP contribution in [0.15, 0.2) is 66.7 Å². The SMILES string of the molecule is CCc1ccc2cccc(OCc3c(Cl)ccc(N(C)C(=O)CNC(=O)Nc4cccc(C#N)c4)c3Cl)c2n1. The lowest BCUT2D eigenvalue weighted by Gasteiger charge is -2.21. The van der Waals surface area contributed by atoms with E-state index >= 15 is 0 Å². The minimum Gasteiger partial charge on any atom is -0.487 e. The maximum atomic E-state index is 12.8. The van der Waals surface area contributed by atoms with Gasteiger partial charge in [0.2, 0.25) is 5.91 Å². The van der Waals surface area contributed by atoms with Gasteiger partial charge < -0.3 is 20.3 Å². The van der Waals surface area contributed by atoms with Gasteiger partial charge in [0.05, 0.1) is 28.9 Å². The van der Waals surface area contributed by atoms with Gasteiger partial charge >= 0.3 is 6.03 Å². The van der Waals surface area contributed by atoms with Crippen molar-refractivity contribution < 1.29 is 14.3 Å². The number of benzene rings is 3. The molecule has 0 aliphatic heterocycles. The standard InChI is InChI=1S/C29H25Cl2N5O3/c1-3-20-11-10-19-7-5-9-25(28(19)34-20)39-17-22-23(30)12-13-24(27(22)31)36(2)26(37)16-33-29(38)35-21-8-4-6-18(14-21)15-32/h4-14H,3,16-17H2,1-2H3,(H2,33,35,38). The first kappa shape index (κ1) is 27.7. The molecule has 1 heterocycles. The minimum atomic E-state index is -0.585. The van der Waals surface area contributed by atoms with Crippen LogP contribution in [0.1, 0.15) is 23.7 Å². The van der Waals surface area contributed by atoms with Crippen LogP contribution in [-0.4, -0.2) is 30.5 Å². The predicted octanol–water partition coefficient (Wildman–Crippen LogP) is 6.34. The molecule has 0 atom stereocenters. The van der Waals surface area contributed by atoms with Crippen LogP contribution in [0.5, 0.6) is 5.75 Å². The van der Waals surface area contributed by atoms with Crippen molar-refractivity contribution in [2.75, 3.05) is 23.8 Å². The summed E-state index contributed by atoms with van der Waals surface area (Å²) in [7, 11) is 1.55. The van der Waals surface area contributed by atoms with E-state index in [1.165, 1.54) is 11.0 Å². The van der Waals surface area contributed by atoms with E-state index in [4.69, 9.17) is 38.2 Å². The average Bonchev–Trinajstić information content (AvgIpc) is 2.95. The molecule has 0 aliphatic rings. The summed E-state index contributed by atoms with van der Waals surface area (Å²) in [6.45, 7) is 1.82. The zero-order valence-corrected chi connectivity index (χ0v) is 22.8. The highest BCUT2D eigenvalue weighted by Gasteiger charge is 2.19. The lowest BCUT2D eigenvalue weighted by molar-refractivity contribution is -0.117. The largest absolute Gasteiger partial charge is 0.487 e. The molecule has 2 N–H and O–H groups in total. The Morgan fingerprint density at radius 2 is 1.87 bits per heavy atom. The molecule has 0 unspecified atom stereocenters. The molecule has 39 heavy (non-hydrogen) atoms. The minimum absolute atomic E-state index is 0.0626. The summed E-state index contributed by atoms with van der Waals surface area (Å²) in [5, 5.41) is 15.7. The van der Waals surface area contributed by atoms with E-state index in [9.17, 15) is 9.59 Å². The maximum absolute atomic E-state index is 12.8. The van der Waals surface area contributed by atoms with Gasteiger partial charge in [-0.2, -0.15) is 5.26 Å². The fourth-order valence-corrected chi connectivity index (χ4v) is 4.46. The highest BCUT2D eigenvalue weighted by Crippen LogP contribution is 2.35. The molecule has 0 bridgehead atoms. The lowest BCUT2D eigenvalue weighted by Crippen LogP contribution is -2.40. The Kier molecular flexibility index (Phi) is 8.87. The molecule has 3 aromatic carbocycles. The number of aromatic nitrogens is 1. The van der Waals surface area contributed by atoms with Crippen molar-refractivity contribution in [2.24, 2.45) is 0 Å². The summed E-state index contributed by atoms with van der Waals surface area (Å²) in [5.41, 5.74) is 3.47. The number of urea groups is 1. The first-order chi connectivity index (χ1) is 18.8. The van der Waals surface area contributed by atoms with Crippen LogP contribution >= 0.6 is 23.2 Å². The van der Waals surface area contributed by atoms with Crippen LogP contribution in [0.3, 0.4) is 0 Å². The average molecular weight is 562 g/mol. The summed E-state index contributed by atoms with van der Waals surface area (Å²) in [6, 6.07) is 20.8. The fraction of sp³-hybridized carbons (Fsp3) is 0.172. The number of hydrogen-bond donors (Lipinski definition) is 2. The number of para-hydroxylation sites is 1. The Morgan fingerprint density at radius 3 is 2.64 bits per heavy atom. The Morgan fingerprint density at radius 1 is 1.08 bits per heavy atom. The Balaban J connectivity index is 1.44. The number of anilines is 2. The number of fused-ring (bicyclic) bond motifs is 1. The number of nitriles is 1. The molecule has 198 valence electrons. The number of amides is 3. The van der Waals surface area contributed by atoms with Crippen LogP contribution in [0.25, 0.3) is 10.9 Å². The monoisotopic (exact) mass is 561 g/mol. The quantitative estimate of drug-likeness (QED) is 0.261. The van der Waals surface area contributed by atoms with E-state index in [0.29, 0.717) is 33.3 Å². The molecule has 0 aliphatic carbocycles. The van der Waals surface area contributed by atoms with Crippen molar-refractivity contribution in [1.82, 2.24) is 10.3 Å². The summed E-state index contributed by atoms with van der Waals surface area (Å²) < 4.78 is 6.09. The van der Waals surface area contributed by atoms with Crippen molar-refractivity contribution in [2.45, 2.75) is 20.0 Å². The number of pyridine rings is 1. The highest BCUT2D eigenvalue weighted by atomic mass is 35.5. The summed E-state index contributed by atoms with van der Waals surface area (Å²) in [5.74, 6) is 0.192. The number of nitrogens with one attached hydrogen (secondary N) is 2. The van der Waals surface area contributed by atoms with Crippen molar-refractivity contribution in [3.05, 3.63) is 93.6 Å². The van der Waals surface area contributed by atoms with Gasteiger partial charge in [0.15, 0.2) is 0 Å². The number of likely N-dealkylation sites (N-methyl/N-ethyl adjacent to an activating group) is 1. The number of carbonyl (C=O) groups excluding carboxylic acids is 2. The second kappa shape index (κ2) is 12.5. The molecule has 0 saturated carbocycles. The number of rotatable bonds is 8. The third kappa shape index (κ3) is 6.58. The van der Waals surface area contributed by atoms with E-state index in [2.05, 4.69) is 10.6 Å². The third-order valence-electron chi connectivity index (χ3n) is 6.03. The van der Waals surface area contributed by atoms with Gasteiger partial charge in [-0.25, -0.2) is 9.78 Å². The van der Waals surface area contributed by atoms with E-state index in [1.807, 2.05) is 43.3 Å². The highest BCUT2D eigenvalue weighted by molar-refractivity contribution is 6.38. The third-order valence-corrected chi connectivity index (χ3v) is 6.80. The van der Waals surface area contributed by atoms with E-state index in [0.717, 1.165) is 23.0 Å². The molecular formula is C29H25Cl2N5O3. The first-order valence-corrected chi connectivity index (χ1v) is 12.9. The zero-order valence-electron chi connectivity index (χ0n) is 21.3. The topological polar surface area (TPSA) is 107 Å². The molecule has 4 rings (SSSR count). The summed E-state index contributed by atoms with van der Waals surface area (Å²) in [6.07, 6.45) is 0.801. The van der Waals surface area contributed by atoms with E-state index in [1.54, 1.807) is 37.4 Å². The molecule has 10 heteroatoms. The molecule has 3 amide bonds. The van der Waals surface area contributed by atoms with Crippen molar-refractivity contribution in [1.29, 1.82) is 5.26 Å². The van der Waals surface area contributed by atoms with Crippen LogP contribution < -0.4 is 20.3 Å². The van der Waals surface area contributed by atoms with Gasteiger partial charge in [0, 0.05) is 34.4 Å². The second-order valence-electron chi connectivity index (χ2n) is 8.58. The number of carbonyl (C=O) groups is 2. The van der Waals surface area contributed by atoms with Crippen LogP contribution in [0.4, 0.5) is 16.2 Å². The van der Waals surface area contributed by atoms with Gasteiger partial charge in [-0.05, 0) is 48.9 Å². The summed E-state index contributed by atoms with van der Waals surface area (Å²) in [4.78, 5) is 31.1. The zero-order chi connectivity index (χ0) is 27.9.